The maximum Gasteiger partial charge on any atom is 0.269 e. The van der Waals surface area contributed by atoms with Gasteiger partial charge in [0.25, 0.3) is 5.69 Å². The van der Waals surface area contributed by atoms with E-state index >= 15 is 0 Å². The lowest BCUT2D eigenvalue weighted by molar-refractivity contribution is -0.384. The number of carbonyl (C=O) groups is 1. The lowest BCUT2D eigenvalue weighted by Gasteiger charge is -2.11. The van der Waals surface area contributed by atoms with Gasteiger partial charge >= 0.3 is 0 Å². The highest BCUT2D eigenvalue weighted by molar-refractivity contribution is 5.72. The summed E-state index contributed by atoms with van der Waals surface area (Å²) >= 11 is 0. The predicted octanol–water partition coefficient (Wildman–Crippen LogP) is 0.885. The average molecular weight is 262 g/mol. The molecule has 0 fully saturated rings. The van der Waals surface area contributed by atoms with Gasteiger partial charge in [-0.3, -0.25) is 20.2 Å². The van der Waals surface area contributed by atoms with Crippen LogP contribution in [-0.4, -0.2) is 23.9 Å². The monoisotopic (exact) mass is 262 g/mol. The Labute approximate surface area is 110 Å². The van der Waals surface area contributed by atoms with E-state index in [4.69, 9.17) is 5.26 Å². The summed E-state index contributed by atoms with van der Waals surface area (Å²) in [5, 5.41) is 25.1. The summed E-state index contributed by atoms with van der Waals surface area (Å²) in [6, 6.07) is 7.29. The quantitative estimate of drug-likeness (QED) is 0.449. The SMILES string of the molecule is CC(=O)NCCNC(C#N)c1ccc([N+](=O)[O-])cc1. The standard InChI is InChI=1S/C12H14N4O3/c1-9(17)14-6-7-15-12(8-13)10-2-4-11(5-3-10)16(18)19/h2-5,12,15H,6-7H2,1H3,(H,14,17). The van der Waals surface area contributed by atoms with Gasteiger partial charge in [0.15, 0.2) is 0 Å². The van der Waals surface area contributed by atoms with Gasteiger partial charge in [-0.2, -0.15) is 5.26 Å². The zero-order valence-electron chi connectivity index (χ0n) is 10.4. The number of nitrogens with zero attached hydrogens (tertiary/aromatic N) is 2. The highest BCUT2D eigenvalue weighted by Crippen LogP contribution is 2.17. The summed E-state index contributed by atoms with van der Waals surface area (Å²) in [5.74, 6) is -0.134. The molecule has 7 heteroatoms. The van der Waals surface area contributed by atoms with Crippen molar-refractivity contribution < 1.29 is 9.72 Å². The number of hydrogen-bond acceptors (Lipinski definition) is 5. The van der Waals surface area contributed by atoms with Gasteiger partial charge in [-0.15, -0.1) is 0 Å². The minimum absolute atomic E-state index is 0.0151. The van der Waals surface area contributed by atoms with Crippen molar-refractivity contribution in [3.8, 4) is 6.07 Å². The lowest BCUT2D eigenvalue weighted by atomic mass is 10.1. The first kappa shape index (κ1) is 14.6. The molecule has 2 N–H and O–H groups in total. The smallest absolute Gasteiger partial charge is 0.269 e. The van der Waals surface area contributed by atoms with Crippen LogP contribution in [0.15, 0.2) is 24.3 Å². The maximum atomic E-state index is 10.7. The minimum atomic E-state index is -0.561. The Bertz CT molecular complexity index is 493. The number of amides is 1. The topological polar surface area (TPSA) is 108 Å². The average Bonchev–Trinajstić information content (AvgIpc) is 2.39. The highest BCUT2D eigenvalue weighted by atomic mass is 16.6. The zero-order chi connectivity index (χ0) is 14.3. The fourth-order valence-corrected chi connectivity index (χ4v) is 1.48. The van der Waals surface area contributed by atoms with Crippen molar-refractivity contribution in [3.05, 3.63) is 39.9 Å². The summed E-state index contributed by atoms with van der Waals surface area (Å²) in [7, 11) is 0. The van der Waals surface area contributed by atoms with Gasteiger partial charge in [-0.1, -0.05) is 0 Å². The van der Waals surface area contributed by atoms with Crippen molar-refractivity contribution in [1.82, 2.24) is 10.6 Å². The van der Waals surface area contributed by atoms with Crippen molar-refractivity contribution in [2.45, 2.75) is 13.0 Å². The molecule has 0 aromatic heterocycles. The second-order valence-corrected chi connectivity index (χ2v) is 3.85. The van der Waals surface area contributed by atoms with Crippen LogP contribution >= 0.6 is 0 Å². The molecular formula is C12H14N4O3. The number of hydrogen-bond donors (Lipinski definition) is 2. The van der Waals surface area contributed by atoms with Gasteiger partial charge < -0.3 is 5.32 Å². The number of nitro groups is 1. The van der Waals surface area contributed by atoms with E-state index in [0.717, 1.165) is 0 Å². The van der Waals surface area contributed by atoms with Crippen LogP contribution in [0.25, 0.3) is 0 Å². The van der Waals surface area contributed by atoms with Crippen LogP contribution in [0.1, 0.15) is 18.5 Å². The van der Waals surface area contributed by atoms with E-state index in [0.29, 0.717) is 18.7 Å². The fraction of sp³-hybridized carbons (Fsp3) is 0.333. The summed E-state index contributed by atoms with van der Waals surface area (Å²) in [6.45, 7) is 2.27. The molecule has 0 heterocycles. The predicted molar refractivity (Wildman–Crippen MR) is 68.1 cm³/mol. The Morgan fingerprint density at radius 1 is 1.42 bits per heavy atom. The molecule has 1 atom stereocenters. The fourth-order valence-electron chi connectivity index (χ4n) is 1.48. The molecule has 0 aliphatic heterocycles. The third-order valence-electron chi connectivity index (χ3n) is 2.41. The van der Waals surface area contributed by atoms with Gasteiger partial charge in [0, 0.05) is 32.1 Å². The molecule has 0 spiro atoms. The van der Waals surface area contributed by atoms with Gasteiger partial charge in [0.1, 0.15) is 6.04 Å². The second kappa shape index (κ2) is 7.08. The van der Waals surface area contributed by atoms with Crippen molar-refractivity contribution in [1.29, 1.82) is 5.26 Å². The number of benzene rings is 1. The molecule has 19 heavy (non-hydrogen) atoms. The lowest BCUT2D eigenvalue weighted by Crippen LogP contribution is -2.32. The second-order valence-electron chi connectivity index (χ2n) is 3.85. The molecule has 1 amide bonds. The number of carbonyl (C=O) groups excluding carboxylic acids is 1. The van der Waals surface area contributed by atoms with Crippen molar-refractivity contribution in [3.63, 3.8) is 0 Å². The first-order valence-electron chi connectivity index (χ1n) is 5.66. The summed E-state index contributed by atoms with van der Waals surface area (Å²) in [4.78, 5) is 20.7. The van der Waals surface area contributed by atoms with E-state index in [9.17, 15) is 14.9 Å². The zero-order valence-corrected chi connectivity index (χ0v) is 10.4. The molecule has 0 radical (unpaired) electrons. The van der Waals surface area contributed by atoms with E-state index < -0.39 is 11.0 Å². The van der Waals surface area contributed by atoms with Crippen LogP contribution in [0.2, 0.25) is 0 Å². The van der Waals surface area contributed by atoms with Crippen molar-refractivity contribution in [2.24, 2.45) is 0 Å². The Hall–Kier alpha value is -2.46. The number of nitrogens with one attached hydrogen (secondary N) is 2. The van der Waals surface area contributed by atoms with Crippen LogP contribution in [0.3, 0.4) is 0 Å². The number of nitro benzene ring substituents is 1. The Kier molecular flexibility index (Phi) is 5.44. The molecule has 0 aliphatic carbocycles. The molecule has 1 unspecified atom stereocenters. The maximum absolute atomic E-state index is 10.7. The molecule has 1 rings (SSSR count). The van der Waals surface area contributed by atoms with E-state index in [-0.39, 0.29) is 11.6 Å². The normalized spacial score (nSPS) is 11.4. The summed E-state index contributed by atoms with van der Waals surface area (Å²) in [6.07, 6.45) is 0. The summed E-state index contributed by atoms with van der Waals surface area (Å²) in [5.41, 5.74) is 0.634. The molecule has 0 aliphatic rings. The molecule has 0 saturated heterocycles. The molecule has 1 aromatic rings. The Morgan fingerprint density at radius 3 is 2.53 bits per heavy atom. The van der Waals surface area contributed by atoms with Gasteiger partial charge in [-0.05, 0) is 17.7 Å². The van der Waals surface area contributed by atoms with Crippen LogP contribution in [0.4, 0.5) is 5.69 Å². The molecule has 1 aromatic carbocycles. The first-order valence-corrected chi connectivity index (χ1v) is 5.66. The van der Waals surface area contributed by atoms with E-state index in [1.807, 2.05) is 0 Å². The van der Waals surface area contributed by atoms with Crippen molar-refractivity contribution in [2.75, 3.05) is 13.1 Å². The minimum Gasteiger partial charge on any atom is -0.355 e. The van der Waals surface area contributed by atoms with Crippen molar-refractivity contribution >= 4 is 11.6 Å². The van der Waals surface area contributed by atoms with E-state index in [1.54, 1.807) is 0 Å². The number of non-ortho nitro benzene ring substituents is 1. The first-order chi connectivity index (χ1) is 9.04. The molecule has 100 valence electrons. The summed E-state index contributed by atoms with van der Waals surface area (Å²) < 4.78 is 0. The largest absolute Gasteiger partial charge is 0.355 e. The molecular weight excluding hydrogens is 248 g/mol. The van der Waals surface area contributed by atoms with Gasteiger partial charge in [-0.25, -0.2) is 0 Å². The van der Waals surface area contributed by atoms with E-state index in [1.165, 1.54) is 31.2 Å². The molecule has 0 saturated carbocycles. The van der Waals surface area contributed by atoms with Crippen LogP contribution in [-0.2, 0) is 4.79 Å². The van der Waals surface area contributed by atoms with Gasteiger partial charge in [0.2, 0.25) is 5.91 Å². The Balaban J connectivity index is 2.57. The van der Waals surface area contributed by atoms with Gasteiger partial charge in [0.05, 0.1) is 11.0 Å². The van der Waals surface area contributed by atoms with Crippen LogP contribution in [0, 0.1) is 21.4 Å². The van der Waals surface area contributed by atoms with E-state index in [2.05, 4.69) is 16.7 Å². The number of nitriles is 1. The third kappa shape index (κ3) is 4.73. The Morgan fingerprint density at radius 2 is 2.05 bits per heavy atom. The number of rotatable bonds is 6. The molecule has 0 bridgehead atoms. The van der Waals surface area contributed by atoms with Crippen LogP contribution in [0.5, 0.6) is 0 Å². The molecule has 7 nitrogen and oxygen atoms in total. The van der Waals surface area contributed by atoms with Crippen LogP contribution < -0.4 is 10.6 Å². The highest BCUT2D eigenvalue weighted by Gasteiger charge is 2.11. The third-order valence-corrected chi connectivity index (χ3v) is 2.41.